The van der Waals surface area contributed by atoms with Gasteiger partial charge in [0, 0.05) is 11.3 Å². The van der Waals surface area contributed by atoms with Gasteiger partial charge in [0.2, 0.25) is 11.5 Å². The number of nitrogen functional groups attached to an aromatic ring is 1. The van der Waals surface area contributed by atoms with Crippen LogP contribution in [-0.2, 0) is 11.3 Å². The third-order valence-electron chi connectivity index (χ3n) is 5.93. The molecule has 152 valence electrons. The van der Waals surface area contributed by atoms with E-state index in [1.807, 2.05) is 26.0 Å². The van der Waals surface area contributed by atoms with Crippen molar-refractivity contribution < 1.29 is 29.2 Å². The zero-order valence-corrected chi connectivity index (χ0v) is 16.5. The van der Waals surface area contributed by atoms with Gasteiger partial charge in [0.15, 0.2) is 0 Å². The standard InChI is InChI=1S/C23H20N2O5/c1-12(2)13-8-9-14-18(11-13)30-23(28)15-5-3-6-16(24)19(15)20(26)22(14,23)25-21(27)17-7-4-10-29-17/h3-12,28H,24H2,1-2H3,(H,25,27)/p+1. The highest BCUT2D eigenvalue weighted by molar-refractivity contribution is 6.13. The van der Waals surface area contributed by atoms with Gasteiger partial charge in [0.25, 0.3) is 0 Å². The van der Waals surface area contributed by atoms with Gasteiger partial charge in [-0.2, -0.15) is 4.99 Å². The Balaban J connectivity index is 1.83. The van der Waals surface area contributed by atoms with Crippen LogP contribution in [0.25, 0.3) is 0 Å². The van der Waals surface area contributed by atoms with Gasteiger partial charge in [0.05, 0.1) is 17.4 Å². The average Bonchev–Trinajstić information content (AvgIpc) is 3.37. The molecular weight excluding hydrogens is 384 g/mol. The Morgan fingerprint density at radius 3 is 2.63 bits per heavy atom. The molecule has 2 unspecified atom stereocenters. The first-order valence-electron chi connectivity index (χ1n) is 9.67. The Morgan fingerprint density at radius 2 is 1.93 bits per heavy atom. The molecule has 0 radical (unpaired) electrons. The van der Waals surface area contributed by atoms with E-state index < -0.39 is 23.0 Å². The van der Waals surface area contributed by atoms with Crippen LogP contribution < -0.4 is 15.5 Å². The van der Waals surface area contributed by atoms with Crippen molar-refractivity contribution in [2.75, 3.05) is 5.73 Å². The average molecular weight is 405 g/mol. The molecule has 0 amide bonds. The van der Waals surface area contributed by atoms with Gasteiger partial charge in [-0.25, -0.2) is 0 Å². The molecule has 2 aromatic carbocycles. The van der Waals surface area contributed by atoms with Gasteiger partial charge in [-0.05, 0) is 41.8 Å². The van der Waals surface area contributed by atoms with E-state index in [0.717, 1.165) is 5.56 Å². The number of hydrogen-bond donors (Lipinski definition) is 4. The molecule has 0 saturated carbocycles. The molecule has 0 bridgehead atoms. The van der Waals surface area contributed by atoms with E-state index in [4.69, 9.17) is 14.9 Å². The smallest absolute Gasteiger partial charge is 0.403 e. The molecule has 5 N–H and O–H groups in total. The molecule has 2 atom stereocenters. The van der Waals surface area contributed by atoms with Crippen molar-refractivity contribution in [3.05, 3.63) is 82.8 Å². The van der Waals surface area contributed by atoms with Crippen LogP contribution in [0.3, 0.4) is 0 Å². The number of carbonyl (C=O) groups is 1. The van der Waals surface area contributed by atoms with E-state index in [1.165, 1.54) is 12.3 Å². The van der Waals surface area contributed by atoms with Gasteiger partial charge in [-0.3, -0.25) is 4.79 Å². The lowest BCUT2D eigenvalue weighted by Crippen LogP contribution is -2.91. The summed E-state index contributed by atoms with van der Waals surface area (Å²) in [5, 5.41) is 22.5. The summed E-state index contributed by atoms with van der Waals surface area (Å²) in [6, 6.07) is 13.4. The molecule has 0 saturated heterocycles. The van der Waals surface area contributed by atoms with E-state index in [2.05, 4.69) is 4.99 Å². The number of furan rings is 1. The van der Waals surface area contributed by atoms with Gasteiger partial charge in [-0.15, -0.1) is 0 Å². The van der Waals surface area contributed by atoms with Crippen LogP contribution in [0.5, 0.6) is 5.75 Å². The molecule has 3 aromatic rings. The predicted octanol–water partition coefficient (Wildman–Crippen LogP) is 1.70. The molecule has 2 aliphatic rings. The van der Waals surface area contributed by atoms with Crippen molar-refractivity contribution >= 4 is 17.4 Å². The van der Waals surface area contributed by atoms with Crippen LogP contribution in [-0.4, -0.2) is 21.9 Å². The number of nitrogens with two attached hydrogens (primary N) is 1. The highest BCUT2D eigenvalue weighted by Gasteiger charge is 2.77. The minimum Gasteiger partial charge on any atom is -0.457 e. The second-order valence-corrected chi connectivity index (χ2v) is 7.96. The summed E-state index contributed by atoms with van der Waals surface area (Å²) < 4.78 is 11.3. The Morgan fingerprint density at radius 1 is 1.13 bits per heavy atom. The summed E-state index contributed by atoms with van der Waals surface area (Å²) in [7, 11) is 0. The van der Waals surface area contributed by atoms with Gasteiger partial charge in [0.1, 0.15) is 5.75 Å². The molecule has 0 spiro atoms. The van der Waals surface area contributed by atoms with Crippen LogP contribution in [0, 0.1) is 0 Å². The zero-order valence-electron chi connectivity index (χ0n) is 16.5. The lowest BCUT2D eigenvalue weighted by Gasteiger charge is -2.25. The minimum absolute atomic E-state index is 0.121. The molecule has 7 heteroatoms. The molecular formula is C23H21N2O5+. The Bertz CT molecular complexity index is 1210. The fourth-order valence-corrected chi connectivity index (χ4v) is 4.40. The SMILES string of the molecule is CC(C)c1ccc2c(c1)OC1(O)c3cccc(N)c3C(=O)C21[NH+]=C(O)c1ccco1. The number of Topliss-reactive ketones (excluding diaryl/α,β-unsaturated/α-hetero) is 1. The number of ether oxygens (including phenoxy) is 1. The third kappa shape index (κ3) is 2.12. The van der Waals surface area contributed by atoms with Crippen molar-refractivity contribution in [3.63, 3.8) is 0 Å². The molecule has 7 nitrogen and oxygen atoms in total. The number of aliphatic hydroxyl groups is 2. The van der Waals surface area contributed by atoms with E-state index in [9.17, 15) is 15.0 Å². The first-order valence-corrected chi connectivity index (χ1v) is 9.67. The number of fused-ring (bicyclic) bond motifs is 5. The first kappa shape index (κ1) is 18.4. The number of anilines is 1. The van der Waals surface area contributed by atoms with Crippen molar-refractivity contribution in [1.82, 2.24) is 0 Å². The van der Waals surface area contributed by atoms with Gasteiger partial charge >= 0.3 is 17.2 Å². The summed E-state index contributed by atoms with van der Waals surface area (Å²) in [5.41, 5.74) is 6.30. The summed E-state index contributed by atoms with van der Waals surface area (Å²) in [6.07, 6.45) is 1.40. The lowest BCUT2D eigenvalue weighted by atomic mass is 9.83. The third-order valence-corrected chi connectivity index (χ3v) is 5.93. The first-order chi connectivity index (χ1) is 14.3. The van der Waals surface area contributed by atoms with E-state index in [1.54, 1.807) is 30.3 Å². The number of carbonyl (C=O) groups excluding carboxylic acids is 1. The van der Waals surface area contributed by atoms with Crippen LogP contribution in [0.2, 0.25) is 0 Å². The van der Waals surface area contributed by atoms with Crippen LogP contribution in [0.15, 0.2) is 59.2 Å². The Labute approximate surface area is 172 Å². The number of ketones is 1. The monoisotopic (exact) mass is 405 g/mol. The van der Waals surface area contributed by atoms with Gasteiger partial charge in [-0.1, -0.05) is 32.0 Å². The quantitative estimate of drug-likeness (QED) is 0.299. The van der Waals surface area contributed by atoms with Crippen molar-refractivity contribution in [3.8, 4) is 5.75 Å². The summed E-state index contributed by atoms with van der Waals surface area (Å²) in [6.45, 7) is 4.08. The number of rotatable bonds is 3. The van der Waals surface area contributed by atoms with Crippen molar-refractivity contribution in [2.24, 2.45) is 0 Å². The van der Waals surface area contributed by atoms with Crippen LogP contribution in [0.1, 0.15) is 52.6 Å². The maximum absolute atomic E-state index is 13.8. The highest BCUT2D eigenvalue weighted by atomic mass is 16.6. The maximum atomic E-state index is 13.8. The van der Waals surface area contributed by atoms with Gasteiger partial charge < -0.3 is 25.1 Å². The molecule has 30 heavy (non-hydrogen) atoms. The number of hydrogen-bond acceptors (Lipinski definition) is 5. The fourth-order valence-electron chi connectivity index (χ4n) is 4.40. The molecule has 5 rings (SSSR count). The molecule has 0 fully saturated rings. The number of aliphatic hydroxyl groups excluding tert-OH is 1. The topological polar surface area (TPSA) is 120 Å². The molecule has 1 aliphatic carbocycles. The van der Waals surface area contributed by atoms with E-state index in [-0.39, 0.29) is 28.5 Å². The lowest BCUT2D eigenvalue weighted by molar-refractivity contribution is -0.587. The zero-order chi connectivity index (χ0) is 21.3. The second kappa shape index (κ2) is 5.96. The summed E-state index contributed by atoms with van der Waals surface area (Å²) in [4.78, 5) is 16.6. The number of benzene rings is 2. The number of nitrogens with one attached hydrogen (secondary N) is 1. The largest absolute Gasteiger partial charge is 0.457 e. The summed E-state index contributed by atoms with van der Waals surface area (Å²) >= 11 is 0. The Kier molecular flexibility index (Phi) is 3.67. The van der Waals surface area contributed by atoms with E-state index >= 15 is 0 Å². The predicted molar refractivity (Wildman–Crippen MR) is 108 cm³/mol. The molecule has 1 aromatic heterocycles. The van der Waals surface area contributed by atoms with Crippen LogP contribution in [0.4, 0.5) is 5.69 Å². The summed E-state index contributed by atoms with van der Waals surface area (Å²) in [5.74, 6) is -2.29. The Hall–Kier alpha value is -3.58. The normalized spacial score (nSPS) is 24.5. The van der Waals surface area contributed by atoms with Crippen LogP contribution >= 0.6 is 0 Å². The maximum Gasteiger partial charge on any atom is 0.403 e. The molecule has 1 aliphatic heterocycles. The highest BCUT2D eigenvalue weighted by Crippen LogP contribution is 2.57. The molecule has 2 heterocycles. The fraction of sp³-hybridized carbons (Fsp3) is 0.217. The van der Waals surface area contributed by atoms with Crippen molar-refractivity contribution in [2.45, 2.75) is 31.1 Å². The van der Waals surface area contributed by atoms with E-state index in [0.29, 0.717) is 11.3 Å². The second-order valence-electron chi connectivity index (χ2n) is 7.96. The van der Waals surface area contributed by atoms with Crippen molar-refractivity contribution in [1.29, 1.82) is 0 Å². The minimum atomic E-state index is -2.10.